The third-order valence-corrected chi connectivity index (χ3v) is 5.91. The first-order valence-electron chi connectivity index (χ1n) is 10.5. The molecule has 8 heteroatoms. The molecule has 0 spiro atoms. The molecule has 0 bridgehead atoms. The van der Waals surface area contributed by atoms with Crippen molar-refractivity contribution in [3.8, 4) is 11.4 Å². The predicted molar refractivity (Wildman–Crippen MR) is 124 cm³/mol. The summed E-state index contributed by atoms with van der Waals surface area (Å²) in [7, 11) is 0. The van der Waals surface area contributed by atoms with Gasteiger partial charge in [-0.25, -0.2) is 18.7 Å². The summed E-state index contributed by atoms with van der Waals surface area (Å²) in [4.78, 5) is 26.0. The van der Waals surface area contributed by atoms with E-state index in [2.05, 4.69) is 9.88 Å². The number of anilines is 1. The topological polar surface area (TPSA) is 49.3 Å². The third-order valence-electron chi connectivity index (χ3n) is 5.68. The van der Waals surface area contributed by atoms with E-state index in [0.717, 1.165) is 11.2 Å². The molecule has 2 heterocycles. The molecule has 1 amide bonds. The van der Waals surface area contributed by atoms with Gasteiger partial charge in [0, 0.05) is 47.7 Å². The number of amides is 1. The number of rotatable bonds is 3. The molecule has 0 aliphatic carbocycles. The Morgan fingerprint density at radius 2 is 1.61 bits per heavy atom. The summed E-state index contributed by atoms with van der Waals surface area (Å²) in [6.07, 6.45) is 0. The van der Waals surface area contributed by atoms with Crippen molar-refractivity contribution in [1.29, 1.82) is 0 Å². The lowest BCUT2D eigenvalue weighted by atomic mass is 10.1. The highest BCUT2D eigenvalue weighted by atomic mass is 35.5. The Bertz CT molecular complexity index is 1340. The highest BCUT2D eigenvalue weighted by Crippen LogP contribution is 2.30. The minimum absolute atomic E-state index is 0.194. The van der Waals surface area contributed by atoms with Gasteiger partial charge in [0.2, 0.25) is 0 Å². The zero-order chi connectivity index (χ0) is 22.9. The van der Waals surface area contributed by atoms with Crippen molar-refractivity contribution in [2.24, 2.45) is 0 Å². The van der Waals surface area contributed by atoms with E-state index in [1.165, 1.54) is 30.3 Å². The number of hydrogen-bond acceptors (Lipinski definition) is 4. The van der Waals surface area contributed by atoms with Crippen LogP contribution in [-0.4, -0.2) is 47.0 Å². The van der Waals surface area contributed by atoms with Crippen molar-refractivity contribution in [2.75, 3.05) is 31.1 Å². The molecule has 1 fully saturated rings. The van der Waals surface area contributed by atoms with Gasteiger partial charge in [-0.3, -0.25) is 4.79 Å². The molecule has 1 aliphatic rings. The molecular formula is C25H19ClF2N4O. The number of benzene rings is 3. The molecule has 1 aromatic heterocycles. The first-order chi connectivity index (χ1) is 16.0. The van der Waals surface area contributed by atoms with Gasteiger partial charge >= 0.3 is 0 Å². The van der Waals surface area contributed by atoms with Gasteiger partial charge in [0.1, 0.15) is 17.5 Å². The minimum atomic E-state index is -0.432. The summed E-state index contributed by atoms with van der Waals surface area (Å²) in [5, 5.41) is 1.40. The summed E-state index contributed by atoms with van der Waals surface area (Å²) in [6.45, 7) is 2.05. The second kappa shape index (κ2) is 8.75. The van der Waals surface area contributed by atoms with Crippen LogP contribution >= 0.6 is 11.6 Å². The molecule has 166 valence electrons. The number of hydrogen-bond donors (Lipinski definition) is 0. The highest BCUT2D eigenvalue weighted by Gasteiger charge is 2.25. The van der Waals surface area contributed by atoms with Crippen LogP contribution in [0, 0.1) is 11.6 Å². The number of piperazine rings is 1. The zero-order valence-corrected chi connectivity index (χ0v) is 18.3. The van der Waals surface area contributed by atoms with E-state index in [1.54, 1.807) is 35.2 Å². The van der Waals surface area contributed by atoms with Gasteiger partial charge in [-0.05, 0) is 60.7 Å². The number of nitrogens with zero attached hydrogens (tertiary/aromatic N) is 4. The Kier molecular flexibility index (Phi) is 5.64. The van der Waals surface area contributed by atoms with E-state index >= 15 is 0 Å². The molecule has 5 rings (SSSR count). The van der Waals surface area contributed by atoms with Crippen LogP contribution in [0.5, 0.6) is 0 Å². The maximum atomic E-state index is 13.5. The van der Waals surface area contributed by atoms with E-state index in [1.807, 2.05) is 6.07 Å². The Balaban J connectivity index is 1.45. The third kappa shape index (κ3) is 4.36. The number of carbonyl (C=O) groups is 1. The molecular weight excluding hydrogens is 446 g/mol. The van der Waals surface area contributed by atoms with Gasteiger partial charge in [-0.2, -0.15) is 0 Å². The SMILES string of the molecule is O=C(c1cccc(F)c1)N1CCN(c2nc(-c3ccc(F)cc3)nc3cc(Cl)ccc23)CC1. The van der Waals surface area contributed by atoms with Crippen molar-refractivity contribution in [1.82, 2.24) is 14.9 Å². The first-order valence-corrected chi connectivity index (χ1v) is 10.9. The van der Waals surface area contributed by atoms with Crippen LogP contribution < -0.4 is 4.90 Å². The van der Waals surface area contributed by atoms with E-state index in [9.17, 15) is 13.6 Å². The number of fused-ring (bicyclic) bond motifs is 1. The van der Waals surface area contributed by atoms with Crippen LogP contribution in [0.15, 0.2) is 66.7 Å². The maximum absolute atomic E-state index is 13.5. The lowest BCUT2D eigenvalue weighted by Gasteiger charge is -2.36. The van der Waals surface area contributed by atoms with Crippen molar-refractivity contribution >= 4 is 34.2 Å². The molecule has 0 atom stereocenters. The molecule has 0 unspecified atom stereocenters. The normalized spacial score (nSPS) is 14.0. The second-order valence-electron chi connectivity index (χ2n) is 7.83. The maximum Gasteiger partial charge on any atom is 0.254 e. The highest BCUT2D eigenvalue weighted by molar-refractivity contribution is 6.31. The Labute approximate surface area is 194 Å². The van der Waals surface area contributed by atoms with Crippen LogP contribution in [0.4, 0.5) is 14.6 Å². The first kappa shape index (κ1) is 21.3. The van der Waals surface area contributed by atoms with Crippen molar-refractivity contribution in [3.63, 3.8) is 0 Å². The Morgan fingerprint density at radius 1 is 0.848 bits per heavy atom. The average Bonchev–Trinajstić information content (AvgIpc) is 2.83. The smallest absolute Gasteiger partial charge is 0.254 e. The summed E-state index contributed by atoms with van der Waals surface area (Å²) < 4.78 is 26.9. The van der Waals surface area contributed by atoms with Gasteiger partial charge in [0.05, 0.1) is 5.52 Å². The quantitative estimate of drug-likeness (QED) is 0.418. The lowest BCUT2D eigenvalue weighted by Crippen LogP contribution is -2.49. The minimum Gasteiger partial charge on any atom is -0.352 e. The summed E-state index contributed by atoms with van der Waals surface area (Å²) in [5.74, 6) is 0.244. The average molecular weight is 465 g/mol. The second-order valence-corrected chi connectivity index (χ2v) is 8.27. The van der Waals surface area contributed by atoms with Crippen LogP contribution in [0.1, 0.15) is 10.4 Å². The number of carbonyl (C=O) groups excluding carboxylic acids is 1. The molecule has 0 N–H and O–H groups in total. The Hall–Kier alpha value is -3.58. The fourth-order valence-electron chi connectivity index (χ4n) is 3.98. The fraction of sp³-hybridized carbons (Fsp3) is 0.160. The van der Waals surface area contributed by atoms with Gasteiger partial charge in [-0.15, -0.1) is 0 Å². The van der Waals surface area contributed by atoms with Crippen LogP contribution in [0.3, 0.4) is 0 Å². The molecule has 0 radical (unpaired) electrons. The molecule has 1 saturated heterocycles. The van der Waals surface area contributed by atoms with E-state index in [-0.39, 0.29) is 11.7 Å². The van der Waals surface area contributed by atoms with Crippen LogP contribution in [0.2, 0.25) is 5.02 Å². The van der Waals surface area contributed by atoms with Crippen LogP contribution in [0.25, 0.3) is 22.3 Å². The monoisotopic (exact) mass is 464 g/mol. The summed E-state index contributed by atoms with van der Waals surface area (Å²) >= 11 is 6.20. The molecule has 1 aliphatic heterocycles. The van der Waals surface area contributed by atoms with Gasteiger partial charge in [-0.1, -0.05) is 17.7 Å². The molecule has 3 aromatic carbocycles. The molecule has 4 aromatic rings. The van der Waals surface area contributed by atoms with Gasteiger partial charge < -0.3 is 9.80 Å². The molecule has 0 saturated carbocycles. The van der Waals surface area contributed by atoms with E-state index in [4.69, 9.17) is 16.6 Å². The number of halogens is 3. The number of aromatic nitrogens is 2. The predicted octanol–water partition coefficient (Wildman–Crippen LogP) is 5.19. The zero-order valence-electron chi connectivity index (χ0n) is 17.5. The largest absolute Gasteiger partial charge is 0.352 e. The van der Waals surface area contributed by atoms with Gasteiger partial charge in [0.15, 0.2) is 5.82 Å². The fourth-order valence-corrected chi connectivity index (χ4v) is 4.15. The molecule has 5 nitrogen and oxygen atoms in total. The summed E-state index contributed by atoms with van der Waals surface area (Å²) in [5.41, 5.74) is 1.72. The lowest BCUT2D eigenvalue weighted by molar-refractivity contribution is 0.0746. The van der Waals surface area contributed by atoms with Gasteiger partial charge in [0.25, 0.3) is 5.91 Å². The van der Waals surface area contributed by atoms with E-state index in [0.29, 0.717) is 53.7 Å². The standard InChI is InChI=1S/C25H19ClF2N4O/c26-18-6-9-21-22(15-18)29-23(16-4-7-19(27)8-5-16)30-24(21)31-10-12-32(13-11-31)25(33)17-2-1-3-20(28)14-17/h1-9,14-15H,10-13H2. The van der Waals surface area contributed by atoms with Crippen molar-refractivity contribution in [2.45, 2.75) is 0 Å². The molecule has 33 heavy (non-hydrogen) atoms. The summed E-state index contributed by atoms with van der Waals surface area (Å²) in [6, 6.07) is 17.2. The Morgan fingerprint density at radius 3 is 2.33 bits per heavy atom. The van der Waals surface area contributed by atoms with Crippen molar-refractivity contribution < 1.29 is 13.6 Å². The van der Waals surface area contributed by atoms with Crippen molar-refractivity contribution in [3.05, 3.63) is 89.0 Å². The van der Waals surface area contributed by atoms with E-state index < -0.39 is 5.82 Å². The van der Waals surface area contributed by atoms with Crippen LogP contribution in [-0.2, 0) is 0 Å².